The molecule has 1 rings (SSSR count). The zero-order valence-corrected chi connectivity index (χ0v) is 12.7. The van der Waals surface area contributed by atoms with Gasteiger partial charge in [0.25, 0.3) is 0 Å². The highest BCUT2D eigenvalue weighted by Crippen LogP contribution is 2.32. The van der Waals surface area contributed by atoms with Gasteiger partial charge in [-0.05, 0) is 19.1 Å². The summed E-state index contributed by atoms with van der Waals surface area (Å²) in [6, 6.07) is 6.07. The van der Waals surface area contributed by atoms with Crippen LogP contribution in [0.25, 0.3) is 0 Å². The summed E-state index contributed by atoms with van der Waals surface area (Å²) in [7, 11) is 0. The SMILES string of the molecule is CC(C(=O)Nc1c(Cl)cc(N)cc1Cl)N(CC#N)CC#N. The maximum atomic E-state index is 12.2. The molecule has 0 saturated carbocycles. The molecule has 0 heterocycles. The van der Waals surface area contributed by atoms with E-state index in [1.54, 1.807) is 6.92 Å². The number of carbonyl (C=O) groups is 1. The van der Waals surface area contributed by atoms with Crippen LogP contribution in [0.15, 0.2) is 12.1 Å². The van der Waals surface area contributed by atoms with Crippen LogP contribution in [-0.2, 0) is 4.79 Å². The van der Waals surface area contributed by atoms with E-state index in [4.69, 9.17) is 39.5 Å². The van der Waals surface area contributed by atoms with Crippen LogP contribution in [-0.4, -0.2) is 29.9 Å². The van der Waals surface area contributed by atoms with Gasteiger partial charge in [0.1, 0.15) is 0 Å². The molecule has 0 fully saturated rings. The second kappa shape index (κ2) is 7.70. The molecule has 21 heavy (non-hydrogen) atoms. The van der Waals surface area contributed by atoms with Gasteiger partial charge in [-0.25, -0.2) is 0 Å². The Hall–Kier alpha value is -1.99. The number of nitrogens with zero attached hydrogens (tertiary/aromatic N) is 3. The summed E-state index contributed by atoms with van der Waals surface area (Å²) >= 11 is 12.0. The quantitative estimate of drug-likeness (QED) is 0.637. The standard InChI is InChI=1S/C13H13Cl2N5O/c1-8(20(4-2-16)5-3-17)13(21)19-12-10(14)6-9(18)7-11(12)15/h6-8H,4-5,18H2,1H3,(H,19,21). The van der Waals surface area contributed by atoms with Crippen LogP contribution in [0.2, 0.25) is 10.0 Å². The van der Waals surface area contributed by atoms with Crippen molar-refractivity contribution < 1.29 is 4.79 Å². The maximum Gasteiger partial charge on any atom is 0.241 e. The third kappa shape index (κ3) is 4.51. The Morgan fingerprint density at radius 2 is 1.81 bits per heavy atom. The largest absolute Gasteiger partial charge is 0.399 e. The number of nitrogen functional groups attached to an aromatic ring is 1. The van der Waals surface area contributed by atoms with Crippen LogP contribution in [0.4, 0.5) is 11.4 Å². The minimum Gasteiger partial charge on any atom is -0.399 e. The van der Waals surface area contributed by atoms with E-state index in [-0.39, 0.29) is 28.8 Å². The van der Waals surface area contributed by atoms with Crippen molar-refractivity contribution in [2.45, 2.75) is 13.0 Å². The Balaban J connectivity index is 2.91. The minimum absolute atomic E-state index is 0.0364. The Bertz CT molecular complexity index is 581. The molecule has 0 aliphatic rings. The summed E-state index contributed by atoms with van der Waals surface area (Å²) < 4.78 is 0. The number of nitrogens with two attached hydrogens (primary N) is 1. The van der Waals surface area contributed by atoms with E-state index >= 15 is 0 Å². The van der Waals surface area contributed by atoms with E-state index < -0.39 is 11.9 Å². The van der Waals surface area contributed by atoms with E-state index in [9.17, 15) is 4.79 Å². The molecule has 1 unspecified atom stereocenters. The van der Waals surface area contributed by atoms with Crippen molar-refractivity contribution in [3.05, 3.63) is 22.2 Å². The molecule has 1 aromatic rings. The Labute approximate surface area is 132 Å². The predicted octanol–water partition coefficient (Wildman–Crippen LogP) is 2.25. The molecule has 1 aromatic carbocycles. The molecule has 0 aliphatic heterocycles. The van der Waals surface area contributed by atoms with Crippen molar-refractivity contribution in [3.8, 4) is 12.1 Å². The monoisotopic (exact) mass is 325 g/mol. The van der Waals surface area contributed by atoms with Crippen molar-refractivity contribution in [1.82, 2.24) is 4.90 Å². The highest BCUT2D eigenvalue weighted by Gasteiger charge is 2.22. The molecule has 0 aliphatic carbocycles. The molecule has 0 radical (unpaired) electrons. The molecule has 3 N–H and O–H groups in total. The zero-order valence-electron chi connectivity index (χ0n) is 11.2. The molecule has 1 amide bonds. The topological polar surface area (TPSA) is 106 Å². The number of amides is 1. The van der Waals surface area contributed by atoms with Crippen LogP contribution in [0.1, 0.15) is 6.92 Å². The second-order valence-electron chi connectivity index (χ2n) is 4.25. The number of nitrogens with one attached hydrogen (secondary N) is 1. The predicted molar refractivity (Wildman–Crippen MR) is 81.8 cm³/mol. The molecule has 0 bridgehead atoms. The Morgan fingerprint density at radius 1 is 1.33 bits per heavy atom. The maximum absolute atomic E-state index is 12.2. The summed E-state index contributed by atoms with van der Waals surface area (Å²) in [5.41, 5.74) is 6.21. The third-order valence-electron chi connectivity index (χ3n) is 2.79. The fourth-order valence-corrected chi connectivity index (χ4v) is 2.22. The Morgan fingerprint density at radius 3 is 2.24 bits per heavy atom. The Kier molecular flexibility index (Phi) is 6.26. The molecule has 110 valence electrons. The summed E-state index contributed by atoms with van der Waals surface area (Å²) in [5, 5.41) is 20.4. The van der Waals surface area contributed by atoms with Gasteiger partial charge in [0.15, 0.2) is 0 Å². The number of nitriles is 2. The molecule has 1 atom stereocenters. The number of hydrogen-bond donors (Lipinski definition) is 2. The van der Waals surface area contributed by atoms with E-state index in [2.05, 4.69) is 5.32 Å². The van der Waals surface area contributed by atoms with Crippen LogP contribution >= 0.6 is 23.2 Å². The zero-order chi connectivity index (χ0) is 16.0. The van der Waals surface area contributed by atoms with E-state index in [1.165, 1.54) is 17.0 Å². The molecule has 0 aromatic heterocycles. The highest BCUT2D eigenvalue weighted by atomic mass is 35.5. The van der Waals surface area contributed by atoms with Gasteiger partial charge in [-0.3, -0.25) is 9.69 Å². The van der Waals surface area contributed by atoms with Gasteiger partial charge >= 0.3 is 0 Å². The summed E-state index contributed by atoms with van der Waals surface area (Å²) in [5.74, 6) is -0.422. The highest BCUT2D eigenvalue weighted by molar-refractivity contribution is 6.40. The molecule has 6 nitrogen and oxygen atoms in total. The van der Waals surface area contributed by atoms with Gasteiger partial charge in [-0.2, -0.15) is 10.5 Å². The van der Waals surface area contributed by atoms with E-state index in [0.717, 1.165) is 0 Å². The van der Waals surface area contributed by atoms with Crippen LogP contribution < -0.4 is 11.1 Å². The number of rotatable bonds is 5. The lowest BCUT2D eigenvalue weighted by molar-refractivity contribution is -0.120. The fraction of sp³-hybridized carbons (Fsp3) is 0.308. The average molecular weight is 326 g/mol. The van der Waals surface area contributed by atoms with E-state index in [0.29, 0.717) is 5.69 Å². The number of benzene rings is 1. The van der Waals surface area contributed by atoms with Gasteiger partial charge in [0, 0.05) is 5.69 Å². The first-order valence-corrected chi connectivity index (χ1v) is 6.69. The fourth-order valence-electron chi connectivity index (χ4n) is 1.62. The van der Waals surface area contributed by atoms with Crippen molar-refractivity contribution in [2.24, 2.45) is 0 Å². The van der Waals surface area contributed by atoms with Gasteiger partial charge in [0.2, 0.25) is 5.91 Å². The first kappa shape index (κ1) is 17.1. The van der Waals surface area contributed by atoms with Crippen molar-refractivity contribution >= 4 is 40.5 Å². The van der Waals surface area contributed by atoms with Crippen molar-refractivity contribution in [2.75, 3.05) is 24.1 Å². The first-order valence-electron chi connectivity index (χ1n) is 5.94. The van der Waals surface area contributed by atoms with Gasteiger partial charge in [-0.1, -0.05) is 23.2 Å². The second-order valence-corrected chi connectivity index (χ2v) is 5.06. The third-order valence-corrected chi connectivity index (χ3v) is 3.38. The normalized spacial score (nSPS) is 11.5. The van der Waals surface area contributed by atoms with Crippen LogP contribution in [0, 0.1) is 22.7 Å². The summed E-state index contributed by atoms with van der Waals surface area (Å²) in [6.45, 7) is 1.51. The number of halogens is 2. The molecule has 8 heteroatoms. The minimum atomic E-state index is -0.686. The summed E-state index contributed by atoms with van der Waals surface area (Å²) in [4.78, 5) is 13.6. The van der Waals surface area contributed by atoms with Gasteiger partial charge in [0.05, 0.1) is 47.0 Å². The molecular weight excluding hydrogens is 313 g/mol. The van der Waals surface area contributed by atoms with Gasteiger partial charge in [-0.15, -0.1) is 0 Å². The number of anilines is 2. The van der Waals surface area contributed by atoms with Crippen LogP contribution in [0.5, 0.6) is 0 Å². The molecular formula is C13H13Cl2N5O. The lowest BCUT2D eigenvalue weighted by Gasteiger charge is -2.23. The molecule has 0 saturated heterocycles. The number of carbonyl (C=O) groups excluding carboxylic acids is 1. The lowest BCUT2D eigenvalue weighted by atomic mass is 10.2. The molecule has 0 spiro atoms. The average Bonchev–Trinajstić information content (AvgIpc) is 2.41. The van der Waals surface area contributed by atoms with Gasteiger partial charge < -0.3 is 11.1 Å². The first-order chi connectivity index (χ1) is 9.90. The van der Waals surface area contributed by atoms with Crippen molar-refractivity contribution in [1.29, 1.82) is 10.5 Å². The van der Waals surface area contributed by atoms with Crippen molar-refractivity contribution in [3.63, 3.8) is 0 Å². The smallest absolute Gasteiger partial charge is 0.241 e. The lowest BCUT2D eigenvalue weighted by Crippen LogP contribution is -2.42. The van der Waals surface area contributed by atoms with Crippen LogP contribution in [0.3, 0.4) is 0 Å². The summed E-state index contributed by atoms with van der Waals surface area (Å²) in [6.07, 6.45) is 0. The number of hydrogen-bond acceptors (Lipinski definition) is 5. The van der Waals surface area contributed by atoms with E-state index in [1.807, 2.05) is 12.1 Å².